The summed E-state index contributed by atoms with van der Waals surface area (Å²) in [6.07, 6.45) is 0. The first-order valence-electron chi connectivity index (χ1n) is 4.22. The molecule has 0 amide bonds. The number of nitrogens with zero attached hydrogens (tertiary/aromatic N) is 1. The smallest absolute Gasteiger partial charge is 0.109 e. The quantitative estimate of drug-likeness (QED) is 0.709. The second kappa shape index (κ2) is 3.60. The Hall–Kier alpha value is -1.31. The lowest BCUT2D eigenvalue weighted by Crippen LogP contribution is -1.88. The van der Waals surface area contributed by atoms with Crippen molar-refractivity contribution in [3.05, 3.63) is 30.1 Å². The first-order valence-corrected chi connectivity index (χ1v) is 4.22. The van der Waals surface area contributed by atoms with Gasteiger partial charge in [0.25, 0.3) is 0 Å². The summed E-state index contributed by atoms with van der Waals surface area (Å²) < 4.78 is 0. The third kappa shape index (κ3) is 1.72. The Bertz CT molecular complexity index is 355. The van der Waals surface area contributed by atoms with Gasteiger partial charge in [-0.05, 0) is 12.1 Å². The number of rotatable bonds is 1. The molecule has 2 rings (SSSR count). The van der Waals surface area contributed by atoms with E-state index in [1.165, 1.54) is 0 Å². The zero-order chi connectivity index (χ0) is 8.55. The van der Waals surface area contributed by atoms with Crippen LogP contribution in [-0.2, 0) is 0 Å². The van der Waals surface area contributed by atoms with Crippen molar-refractivity contribution in [2.24, 2.45) is 0 Å². The first-order chi connectivity index (χ1) is 5.77. The average Bonchev–Trinajstić information content (AvgIpc) is 2.46. The first kappa shape index (κ1) is 9.78. The van der Waals surface area contributed by atoms with E-state index < -0.39 is 0 Å². The maximum absolute atomic E-state index is 4.46. The van der Waals surface area contributed by atoms with Crippen molar-refractivity contribution < 1.29 is 0 Å². The van der Waals surface area contributed by atoms with Gasteiger partial charge in [-0.15, -0.1) is 0 Å². The third-order valence-electron chi connectivity index (χ3n) is 1.95. The molecule has 0 atom stereocenters. The molecule has 2 heteroatoms. The number of para-hydroxylation sites is 2. The molecule has 1 aromatic carbocycles. The van der Waals surface area contributed by atoms with Crippen molar-refractivity contribution in [1.29, 1.82) is 0 Å². The fourth-order valence-electron chi connectivity index (χ4n) is 1.25. The van der Waals surface area contributed by atoms with Gasteiger partial charge < -0.3 is 4.98 Å². The van der Waals surface area contributed by atoms with Gasteiger partial charge in [0.05, 0.1) is 11.0 Å². The molecule has 1 aromatic heterocycles. The van der Waals surface area contributed by atoms with Crippen LogP contribution in [0.4, 0.5) is 0 Å². The number of imidazole rings is 1. The molecule has 2 nitrogen and oxygen atoms in total. The Morgan fingerprint density at radius 3 is 2.54 bits per heavy atom. The zero-order valence-electron chi connectivity index (χ0n) is 7.33. The number of nitrogens with one attached hydrogen (secondary N) is 1. The molecule has 1 heterocycles. The summed E-state index contributed by atoms with van der Waals surface area (Å²) >= 11 is 0. The van der Waals surface area contributed by atoms with Crippen LogP contribution in [0.15, 0.2) is 24.3 Å². The minimum Gasteiger partial charge on any atom is -0.342 e. The Morgan fingerprint density at radius 2 is 1.92 bits per heavy atom. The molecule has 2 aromatic rings. The lowest BCUT2D eigenvalue weighted by Gasteiger charge is -1.95. The molecule has 0 unspecified atom stereocenters. The summed E-state index contributed by atoms with van der Waals surface area (Å²) in [5.74, 6) is 1.54. The van der Waals surface area contributed by atoms with E-state index in [2.05, 4.69) is 23.8 Å². The van der Waals surface area contributed by atoms with Gasteiger partial charge in [-0.3, -0.25) is 0 Å². The van der Waals surface area contributed by atoms with Gasteiger partial charge in [0.15, 0.2) is 0 Å². The van der Waals surface area contributed by atoms with Crippen molar-refractivity contribution >= 4 is 11.0 Å². The van der Waals surface area contributed by atoms with Crippen LogP contribution in [0.1, 0.15) is 33.0 Å². The normalized spacial score (nSPS) is 10.4. The zero-order valence-corrected chi connectivity index (χ0v) is 7.33. The molecule has 13 heavy (non-hydrogen) atoms. The number of H-pyrrole nitrogens is 1. The Balaban J connectivity index is 0.000000845. The number of hydrogen-bond acceptors (Lipinski definition) is 1. The Labute approximate surface area is 79.0 Å². The van der Waals surface area contributed by atoms with Crippen LogP contribution in [0.3, 0.4) is 0 Å². The molecule has 0 aliphatic carbocycles. The number of aromatic amines is 1. The number of aromatic nitrogens is 2. The van der Waals surface area contributed by atoms with Crippen LogP contribution in [0.25, 0.3) is 11.0 Å². The monoisotopic (exact) mass is 176 g/mol. The van der Waals surface area contributed by atoms with E-state index in [1.807, 2.05) is 24.3 Å². The minimum absolute atomic E-state index is 0. The second-order valence-corrected chi connectivity index (χ2v) is 3.29. The second-order valence-electron chi connectivity index (χ2n) is 3.29. The van der Waals surface area contributed by atoms with Gasteiger partial charge in [-0.25, -0.2) is 4.98 Å². The van der Waals surface area contributed by atoms with Gasteiger partial charge in [0, 0.05) is 5.92 Å². The van der Waals surface area contributed by atoms with Gasteiger partial charge in [0.2, 0.25) is 0 Å². The Kier molecular flexibility index (Phi) is 2.71. The molecule has 0 saturated heterocycles. The molecule has 1 N–H and O–H groups in total. The molecule has 0 aliphatic heterocycles. The van der Waals surface area contributed by atoms with E-state index in [9.17, 15) is 0 Å². The van der Waals surface area contributed by atoms with Gasteiger partial charge in [-0.2, -0.15) is 0 Å². The molecular formula is C11H16N2. The molecule has 0 fully saturated rings. The highest BCUT2D eigenvalue weighted by atomic mass is 14.9. The summed E-state index contributed by atoms with van der Waals surface area (Å²) in [6.45, 7) is 4.27. The van der Waals surface area contributed by atoms with Crippen molar-refractivity contribution in [3.8, 4) is 0 Å². The molecular weight excluding hydrogens is 160 g/mol. The van der Waals surface area contributed by atoms with Crippen molar-refractivity contribution in [3.63, 3.8) is 0 Å². The lowest BCUT2D eigenvalue weighted by molar-refractivity contribution is 0.799. The van der Waals surface area contributed by atoms with E-state index in [0.29, 0.717) is 5.92 Å². The number of fused-ring (bicyclic) bond motifs is 1. The number of hydrogen-bond donors (Lipinski definition) is 1. The highest BCUT2D eigenvalue weighted by molar-refractivity contribution is 5.74. The van der Waals surface area contributed by atoms with Crippen LogP contribution in [-0.4, -0.2) is 9.97 Å². The predicted molar refractivity (Wildman–Crippen MR) is 56.9 cm³/mol. The molecule has 70 valence electrons. The molecule has 0 aliphatic rings. The van der Waals surface area contributed by atoms with E-state index in [-0.39, 0.29) is 7.43 Å². The highest BCUT2D eigenvalue weighted by Gasteiger charge is 2.04. The molecule has 0 spiro atoms. The van der Waals surface area contributed by atoms with E-state index in [0.717, 1.165) is 16.9 Å². The topological polar surface area (TPSA) is 28.7 Å². The largest absolute Gasteiger partial charge is 0.342 e. The fraction of sp³-hybridized carbons (Fsp3) is 0.364. The minimum atomic E-state index is 0. The van der Waals surface area contributed by atoms with Gasteiger partial charge in [0.1, 0.15) is 5.82 Å². The number of benzene rings is 1. The summed E-state index contributed by atoms with van der Waals surface area (Å²) in [5.41, 5.74) is 2.18. The van der Waals surface area contributed by atoms with Crippen molar-refractivity contribution in [2.75, 3.05) is 0 Å². The van der Waals surface area contributed by atoms with Crippen molar-refractivity contribution in [2.45, 2.75) is 27.2 Å². The van der Waals surface area contributed by atoms with Gasteiger partial charge in [-0.1, -0.05) is 33.4 Å². The highest BCUT2D eigenvalue weighted by Crippen LogP contribution is 2.15. The summed E-state index contributed by atoms with van der Waals surface area (Å²) in [6, 6.07) is 8.10. The van der Waals surface area contributed by atoms with Crippen LogP contribution in [0.2, 0.25) is 0 Å². The predicted octanol–water partition coefficient (Wildman–Crippen LogP) is 3.32. The summed E-state index contributed by atoms with van der Waals surface area (Å²) in [5, 5.41) is 0. The molecule has 0 bridgehead atoms. The van der Waals surface area contributed by atoms with Crippen LogP contribution in [0, 0.1) is 0 Å². The lowest BCUT2D eigenvalue weighted by atomic mass is 10.2. The standard InChI is InChI=1S/C10H12N2.CH4/c1-7(2)10-11-8-5-3-4-6-9(8)12-10;/h3-7H,1-2H3,(H,11,12);1H4. The molecule has 0 saturated carbocycles. The maximum atomic E-state index is 4.46. The summed E-state index contributed by atoms with van der Waals surface area (Å²) in [7, 11) is 0. The summed E-state index contributed by atoms with van der Waals surface area (Å²) in [4.78, 5) is 7.74. The van der Waals surface area contributed by atoms with Crippen LogP contribution >= 0.6 is 0 Å². The fourth-order valence-corrected chi connectivity index (χ4v) is 1.25. The van der Waals surface area contributed by atoms with Crippen LogP contribution in [0.5, 0.6) is 0 Å². The van der Waals surface area contributed by atoms with Crippen LogP contribution < -0.4 is 0 Å². The Morgan fingerprint density at radius 1 is 1.23 bits per heavy atom. The molecule has 0 radical (unpaired) electrons. The van der Waals surface area contributed by atoms with E-state index >= 15 is 0 Å². The average molecular weight is 176 g/mol. The van der Waals surface area contributed by atoms with E-state index in [4.69, 9.17) is 0 Å². The maximum Gasteiger partial charge on any atom is 0.109 e. The third-order valence-corrected chi connectivity index (χ3v) is 1.95. The van der Waals surface area contributed by atoms with E-state index in [1.54, 1.807) is 0 Å². The van der Waals surface area contributed by atoms with Gasteiger partial charge >= 0.3 is 0 Å². The SMILES string of the molecule is C.CC(C)c1nc2ccccc2[nH]1. The van der Waals surface area contributed by atoms with Crippen molar-refractivity contribution in [1.82, 2.24) is 9.97 Å².